The fourth-order valence-corrected chi connectivity index (χ4v) is 4.89. The number of anilines is 3. The largest absolute Gasteiger partial charge is 0.493 e. The van der Waals surface area contributed by atoms with Crippen molar-refractivity contribution in [1.82, 2.24) is 15.0 Å². The van der Waals surface area contributed by atoms with E-state index in [1.54, 1.807) is 39.8 Å². The van der Waals surface area contributed by atoms with Crippen LogP contribution in [-0.2, 0) is 4.79 Å². The normalized spacial score (nSPS) is 23.0. The molecule has 1 saturated carbocycles. The zero-order chi connectivity index (χ0) is 23.1. The molecule has 6 N–H and O–H groups in total. The lowest BCUT2D eigenvalue weighted by Gasteiger charge is -2.26. The van der Waals surface area contributed by atoms with Crippen LogP contribution in [0.4, 0.5) is 17.5 Å². The molecule has 11 heteroatoms. The van der Waals surface area contributed by atoms with Gasteiger partial charge in [0.2, 0.25) is 17.2 Å². The number of primary amides is 1. The lowest BCUT2D eigenvalue weighted by molar-refractivity contribution is -0.347. The monoisotopic (exact) mass is 452 g/mol. The van der Waals surface area contributed by atoms with Crippen molar-refractivity contribution in [3.05, 3.63) is 30.6 Å². The molecular formula is C22H26N7O4+. The van der Waals surface area contributed by atoms with Crippen molar-refractivity contribution in [3.63, 3.8) is 0 Å². The summed E-state index contributed by atoms with van der Waals surface area (Å²) in [5.74, 6) is 2.23. The van der Waals surface area contributed by atoms with Crippen LogP contribution in [0.25, 0.3) is 11.2 Å². The second-order valence-corrected chi connectivity index (χ2v) is 8.14. The highest BCUT2D eigenvalue weighted by Crippen LogP contribution is 2.45. The molecule has 2 aliphatic carbocycles. The van der Waals surface area contributed by atoms with Gasteiger partial charge in [0.05, 0.1) is 27.2 Å². The van der Waals surface area contributed by atoms with Gasteiger partial charge in [0.15, 0.2) is 23.6 Å². The number of rotatable bonds is 8. The van der Waals surface area contributed by atoms with Gasteiger partial charge in [-0.05, 0) is 18.3 Å². The van der Waals surface area contributed by atoms with Crippen LogP contribution in [0.5, 0.6) is 17.2 Å². The lowest BCUT2D eigenvalue weighted by atomic mass is 9.88. The number of aromatic amines is 2. The Kier molecular flexibility index (Phi) is 5.15. The van der Waals surface area contributed by atoms with Crippen molar-refractivity contribution < 1.29 is 24.0 Å². The maximum atomic E-state index is 12.1. The van der Waals surface area contributed by atoms with E-state index >= 15 is 0 Å². The van der Waals surface area contributed by atoms with E-state index < -0.39 is 0 Å². The maximum absolute atomic E-state index is 12.1. The average Bonchev–Trinajstić information content (AvgIpc) is 3.54. The molecule has 172 valence electrons. The molecule has 2 aliphatic rings. The molecule has 1 fully saturated rings. The Labute approximate surface area is 189 Å². The van der Waals surface area contributed by atoms with Gasteiger partial charge in [-0.2, -0.15) is 4.98 Å². The van der Waals surface area contributed by atoms with Gasteiger partial charge in [-0.3, -0.25) is 9.78 Å². The van der Waals surface area contributed by atoms with Crippen LogP contribution in [0, 0.1) is 17.8 Å². The minimum absolute atomic E-state index is 0.132. The van der Waals surface area contributed by atoms with Gasteiger partial charge in [0, 0.05) is 23.9 Å². The second kappa shape index (κ2) is 8.15. The van der Waals surface area contributed by atoms with E-state index in [4.69, 9.17) is 19.9 Å². The van der Waals surface area contributed by atoms with Gasteiger partial charge in [-0.15, -0.1) is 0 Å². The summed E-state index contributed by atoms with van der Waals surface area (Å²) in [6.07, 6.45) is 6.83. The molecule has 1 amide bonds. The molecule has 0 radical (unpaired) electrons. The van der Waals surface area contributed by atoms with Gasteiger partial charge < -0.3 is 30.6 Å². The molecular weight excluding hydrogens is 426 g/mol. The van der Waals surface area contributed by atoms with E-state index in [0.717, 1.165) is 6.42 Å². The van der Waals surface area contributed by atoms with Crippen LogP contribution >= 0.6 is 0 Å². The van der Waals surface area contributed by atoms with Gasteiger partial charge in [0.1, 0.15) is 0 Å². The summed E-state index contributed by atoms with van der Waals surface area (Å²) in [6, 6.07) is 3.41. The number of allylic oxidation sites excluding steroid dienone is 1. The fourth-order valence-electron chi connectivity index (χ4n) is 4.89. The molecule has 11 nitrogen and oxygen atoms in total. The number of nitrogens with zero attached hydrogens (tertiary/aromatic N) is 2. The maximum Gasteiger partial charge on any atom is 0.307 e. The number of carbonyl (C=O) groups is 1. The summed E-state index contributed by atoms with van der Waals surface area (Å²) in [6.45, 7) is 0. The van der Waals surface area contributed by atoms with E-state index in [2.05, 4.69) is 42.7 Å². The standard InChI is InChI=1S/C22H25N7O4/c1-31-13-7-12(8-14(32-2)18(13)33-3)26-22-28-20-17(24-9-25-20)21(29-22)27-16-11-5-4-10(6-11)15(16)19(23)30/h4-5,7-11,15-16H,6H2,1-3H3,(H2,23,30)(H3,24,25,26,27,28,29)/p+1. The third-order valence-electron chi connectivity index (χ3n) is 6.35. The summed E-state index contributed by atoms with van der Waals surface area (Å²) in [5, 5.41) is 6.66. The first-order valence-corrected chi connectivity index (χ1v) is 10.6. The Bertz CT molecular complexity index is 1220. The van der Waals surface area contributed by atoms with Gasteiger partial charge in [-0.25, -0.2) is 4.98 Å². The zero-order valence-electron chi connectivity index (χ0n) is 18.5. The van der Waals surface area contributed by atoms with Crippen LogP contribution in [-0.4, -0.2) is 48.2 Å². The third-order valence-corrected chi connectivity index (χ3v) is 6.35. The van der Waals surface area contributed by atoms with E-state index in [-0.39, 0.29) is 29.7 Å². The smallest absolute Gasteiger partial charge is 0.307 e. The number of carbonyl (C=O) groups excluding carboxylic acids is 1. The topological polar surface area (TPSA) is 151 Å². The highest BCUT2D eigenvalue weighted by molar-refractivity contribution is 5.84. The van der Waals surface area contributed by atoms with Crippen LogP contribution in [0.3, 0.4) is 0 Å². The predicted molar refractivity (Wildman–Crippen MR) is 121 cm³/mol. The van der Waals surface area contributed by atoms with Crippen molar-refractivity contribution in [2.24, 2.45) is 23.5 Å². The SMILES string of the molecule is COc1cc(Nc2nc(NC3C4C=CC(C4)C3C(N)=O)c3[nH]c[nH+]c3n2)cc(OC)c1OC. The number of H-pyrrole nitrogens is 2. The molecule has 0 spiro atoms. The number of fused-ring (bicyclic) bond motifs is 3. The lowest BCUT2D eigenvalue weighted by Crippen LogP contribution is -2.41. The second-order valence-electron chi connectivity index (χ2n) is 8.14. The number of hydrogen-bond donors (Lipinski definition) is 4. The highest BCUT2D eigenvalue weighted by Gasteiger charge is 2.48. The van der Waals surface area contributed by atoms with Gasteiger partial charge >= 0.3 is 11.6 Å². The van der Waals surface area contributed by atoms with Crippen LogP contribution in [0.2, 0.25) is 0 Å². The first-order valence-electron chi connectivity index (χ1n) is 10.6. The summed E-state index contributed by atoms with van der Waals surface area (Å²) in [5.41, 5.74) is 7.70. The number of aromatic nitrogens is 4. The number of hydrogen-bond acceptors (Lipinski definition) is 8. The van der Waals surface area contributed by atoms with Gasteiger partial charge in [0.25, 0.3) is 0 Å². The Morgan fingerprint density at radius 1 is 1.12 bits per heavy atom. The van der Waals surface area contributed by atoms with Crippen molar-refractivity contribution in [2.45, 2.75) is 12.5 Å². The number of methoxy groups -OCH3 is 3. The first-order chi connectivity index (χ1) is 16.0. The van der Waals surface area contributed by atoms with Crippen LogP contribution < -0.4 is 35.6 Å². The van der Waals surface area contributed by atoms with E-state index in [1.807, 2.05) is 0 Å². The van der Waals surface area contributed by atoms with Crippen molar-refractivity contribution in [2.75, 3.05) is 32.0 Å². The minimum atomic E-state index is -0.302. The van der Waals surface area contributed by atoms with E-state index in [1.165, 1.54) is 0 Å². The predicted octanol–water partition coefficient (Wildman–Crippen LogP) is 1.63. The molecule has 2 aromatic heterocycles. The van der Waals surface area contributed by atoms with E-state index in [0.29, 0.717) is 45.9 Å². The number of nitrogens with two attached hydrogens (primary N) is 1. The highest BCUT2D eigenvalue weighted by atomic mass is 16.5. The number of ether oxygens (including phenoxy) is 3. The van der Waals surface area contributed by atoms with E-state index in [9.17, 15) is 4.79 Å². The summed E-state index contributed by atoms with van der Waals surface area (Å²) >= 11 is 0. The Morgan fingerprint density at radius 3 is 2.52 bits per heavy atom. The number of imidazole rings is 1. The van der Waals surface area contributed by atoms with Crippen LogP contribution in [0.15, 0.2) is 30.6 Å². The minimum Gasteiger partial charge on any atom is -0.493 e. The van der Waals surface area contributed by atoms with Gasteiger partial charge in [-0.1, -0.05) is 17.1 Å². The Morgan fingerprint density at radius 2 is 1.85 bits per heavy atom. The molecule has 5 rings (SSSR count). The number of nitrogens with one attached hydrogen (secondary N) is 4. The molecule has 0 aliphatic heterocycles. The molecule has 3 aromatic rings. The third kappa shape index (κ3) is 3.55. The zero-order valence-corrected chi connectivity index (χ0v) is 18.5. The molecule has 4 unspecified atom stereocenters. The average molecular weight is 452 g/mol. The molecule has 2 heterocycles. The summed E-state index contributed by atoms with van der Waals surface area (Å²) in [7, 11) is 4.66. The summed E-state index contributed by atoms with van der Waals surface area (Å²) < 4.78 is 16.2. The molecule has 1 aromatic carbocycles. The first kappa shape index (κ1) is 20.9. The van der Waals surface area contributed by atoms with Crippen molar-refractivity contribution in [3.8, 4) is 17.2 Å². The van der Waals surface area contributed by atoms with Crippen LogP contribution in [0.1, 0.15) is 6.42 Å². The molecule has 2 bridgehead atoms. The van der Waals surface area contributed by atoms with Crippen molar-refractivity contribution in [1.29, 1.82) is 0 Å². The molecule has 0 saturated heterocycles. The molecule has 33 heavy (non-hydrogen) atoms. The fraction of sp³-hybridized carbons (Fsp3) is 0.364. The number of amides is 1. The summed E-state index contributed by atoms with van der Waals surface area (Å²) in [4.78, 5) is 27.6. The Hall–Kier alpha value is -4.02. The number of benzene rings is 1. The van der Waals surface area contributed by atoms with Crippen molar-refractivity contribution >= 4 is 34.5 Å². The Balaban J connectivity index is 1.49. The quantitative estimate of drug-likeness (QED) is 0.377. The molecule has 4 atom stereocenters.